The lowest BCUT2D eigenvalue weighted by Gasteiger charge is -2.29. The van der Waals surface area contributed by atoms with E-state index < -0.39 is 41.4 Å². The predicted octanol–water partition coefficient (Wildman–Crippen LogP) is 5.51. The van der Waals surface area contributed by atoms with Crippen LogP contribution in [0.25, 0.3) is 0 Å². The van der Waals surface area contributed by atoms with Crippen LogP contribution in [0, 0.1) is 0 Å². The van der Waals surface area contributed by atoms with Gasteiger partial charge < -0.3 is 9.80 Å². The Kier molecular flexibility index (Phi) is 6.03. The zero-order valence-corrected chi connectivity index (χ0v) is 17.1. The van der Waals surface area contributed by atoms with Gasteiger partial charge in [0.15, 0.2) is 0 Å². The maximum absolute atomic E-state index is 13.2. The Morgan fingerprint density at radius 3 is 2.30 bits per heavy atom. The zero-order chi connectivity index (χ0) is 22.3. The molecule has 2 heterocycles. The van der Waals surface area contributed by atoms with Crippen molar-refractivity contribution >= 4 is 33.3 Å². The minimum absolute atomic E-state index is 0.0235. The molecular formula is C19H16BrF6N3O. The lowest BCUT2D eigenvalue weighted by molar-refractivity contribution is -0.145. The van der Waals surface area contributed by atoms with Gasteiger partial charge in [-0.25, -0.2) is 4.98 Å². The highest BCUT2D eigenvalue weighted by Gasteiger charge is 2.41. The van der Waals surface area contributed by atoms with Crippen molar-refractivity contribution < 1.29 is 31.1 Å². The van der Waals surface area contributed by atoms with Crippen molar-refractivity contribution in [3.63, 3.8) is 0 Å². The zero-order valence-electron chi connectivity index (χ0n) is 15.6. The van der Waals surface area contributed by atoms with E-state index in [1.165, 1.54) is 16.8 Å². The number of alkyl halides is 6. The molecular weight excluding hydrogens is 480 g/mol. The van der Waals surface area contributed by atoms with Gasteiger partial charge >= 0.3 is 12.4 Å². The number of likely N-dealkylation sites (N-methyl/N-ethyl adjacent to an activating group) is 1. The first-order valence-corrected chi connectivity index (χ1v) is 9.63. The summed E-state index contributed by atoms with van der Waals surface area (Å²) in [6.45, 7) is 0.121. The number of halogens is 7. The molecule has 4 nitrogen and oxygen atoms in total. The number of hydrogen-bond acceptors (Lipinski definition) is 3. The van der Waals surface area contributed by atoms with Crippen molar-refractivity contribution in [3.8, 4) is 0 Å². The maximum atomic E-state index is 13.2. The quantitative estimate of drug-likeness (QED) is 0.526. The van der Waals surface area contributed by atoms with Gasteiger partial charge in [-0.1, -0.05) is 15.9 Å². The number of carbonyl (C=O) groups excluding carboxylic acids is 1. The van der Waals surface area contributed by atoms with Gasteiger partial charge in [-0.05, 0) is 49.2 Å². The summed E-state index contributed by atoms with van der Waals surface area (Å²) in [5.74, 6) is -0.959. The Hall–Kier alpha value is -2.30. The van der Waals surface area contributed by atoms with Gasteiger partial charge in [0.05, 0.1) is 5.56 Å². The Balaban J connectivity index is 1.96. The third kappa shape index (κ3) is 4.71. The molecule has 1 atom stereocenters. The number of pyridine rings is 1. The van der Waals surface area contributed by atoms with E-state index in [4.69, 9.17) is 0 Å². The topological polar surface area (TPSA) is 36.4 Å². The fraction of sp³-hybridized carbons (Fsp3) is 0.368. The van der Waals surface area contributed by atoms with E-state index in [0.717, 1.165) is 4.47 Å². The van der Waals surface area contributed by atoms with Crippen LogP contribution in [0.2, 0.25) is 0 Å². The summed E-state index contributed by atoms with van der Waals surface area (Å²) in [4.78, 5) is 18.9. The number of aromatic nitrogens is 1. The van der Waals surface area contributed by atoms with E-state index in [1.807, 2.05) is 0 Å². The van der Waals surface area contributed by atoms with Crippen LogP contribution in [-0.4, -0.2) is 30.5 Å². The van der Waals surface area contributed by atoms with Crippen molar-refractivity contribution in [1.82, 2.24) is 4.98 Å². The minimum atomic E-state index is -5.05. The Morgan fingerprint density at radius 2 is 1.73 bits per heavy atom. The molecule has 1 fully saturated rings. The van der Waals surface area contributed by atoms with Gasteiger partial charge in [0.1, 0.15) is 17.6 Å². The second kappa shape index (κ2) is 8.09. The van der Waals surface area contributed by atoms with Crippen LogP contribution >= 0.6 is 15.9 Å². The fourth-order valence-electron chi connectivity index (χ4n) is 3.29. The molecule has 1 amide bonds. The second-order valence-electron chi connectivity index (χ2n) is 6.82. The molecule has 1 aromatic carbocycles. The molecule has 3 rings (SSSR count). The van der Waals surface area contributed by atoms with E-state index in [2.05, 4.69) is 20.9 Å². The molecule has 0 N–H and O–H groups in total. The molecule has 0 aliphatic carbocycles. The summed E-state index contributed by atoms with van der Waals surface area (Å²) >= 11 is 3.28. The van der Waals surface area contributed by atoms with Crippen molar-refractivity contribution in [2.45, 2.75) is 31.2 Å². The van der Waals surface area contributed by atoms with Gasteiger partial charge in [0.2, 0.25) is 5.91 Å². The monoisotopic (exact) mass is 495 g/mol. The summed E-state index contributed by atoms with van der Waals surface area (Å²) < 4.78 is 79.7. The van der Waals surface area contributed by atoms with E-state index in [9.17, 15) is 31.1 Å². The number of nitrogens with zero attached hydrogens (tertiary/aromatic N) is 3. The number of benzene rings is 1. The molecule has 1 unspecified atom stereocenters. The fourth-order valence-corrected chi connectivity index (χ4v) is 3.55. The van der Waals surface area contributed by atoms with E-state index in [0.29, 0.717) is 24.6 Å². The van der Waals surface area contributed by atoms with Crippen LogP contribution in [0.1, 0.15) is 24.1 Å². The van der Waals surface area contributed by atoms with Crippen LogP contribution in [0.4, 0.5) is 37.8 Å². The van der Waals surface area contributed by atoms with Crippen molar-refractivity contribution in [3.05, 3.63) is 52.1 Å². The largest absolute Gasteiger partial charge is 0.433 e. The van der Waals surface area contributed by atoms with Crippen LogP contribution < -0.4 is 9.80 Å². The molecule has 1 aromatic heterocycles. The van der Waals surface area contributed by atoms with Gasteiger partial charge in [0.25, 0.3) is 0 Å². The van der Waals surface area contributed by atoms with Crippen LogP contribution in [0.3, 0.4) is 0 Å². The summed E-state index contributed by atoms with van der Waals surface area (Å²) in [7, 11) is 1.50. The maximum Gasteiger partial charge on any atom is 0.433 e. The summed E-state index contributed by atoms with van der Waals surface area (Å²) in [5, 5.41) is 0. The molecule has 1 saturated heterocycles. The number of rotatable bonds is 3. The third-order valence-electron chi connectivity index (χ3n) is 4.81. The molecule has 0 bridgehead atoms. The van der Waals surface area contributed by atoms with E-state index in [-0.39, 0.29) is 12.6 Å². The molecule has 11 heteroatoms. The summed E-state index contributed by atoms with van der Waals surface area (Å²) in [5.41, 5.74) is -2.56. The first kappa shape index (κ1) is 22.4. The lowest BCUT2D eigenvalue weighted by Crippen LogP contribution is -2.45. The summed E-state index contributed by atoms with van der Waals surface area (Å²) in [6.07, 6.45) is -9.31. The van der Waals surface area contributed by atoms with Gasteiger partial charge in [0, 0.05) is 23.8 Å². The Bertz CT molecular complexity index is 897. The van der Waals surface area contributed by atoms with Gasteiger partial charge in [-0.2, -0.15) is 26.3 Å². The van der Waals surface area contributed by atoms with Crippen LogP contribution in [0.15, 0.2) is 40.9 Å². The second-order valence-corrected chi connectivity index (χ2v) is 7.74. The van der Waals surface area contributed by atoms with Crippen LogP contribution in [0.5, 0.6) is 0 Å². The van der Waals surface area contributed by atoms with Crippen molar-refractivity contribution in [2.75, 3.05) is 23.4 Å². The molecule has 0 spiro atoms. The smallest absolute Gasteiger partial charge is 0.345 e. The van der Waals surface area contributed by atoms with Gasteiger partial charge in [-0.3, -0.25) is 4.79 Å². The average molecular weight is 496 g/mol. The summed E-state index contributed by atoms with van der Waals surface area (Å²) in [6, 6.07) is 6.39. The highest BCUT2D eigenvalue weighted by molar-refractivity contribution is 9.10. The standard InChI is InChI=1S/C19H16BrF6N3O/c1-28(13-6-4-12(20)5-7-13)17(30)14-3-2-8-29(14)16-10-11(18(21,22)23)9-15(27-16)19(24,25)26/h4-7,9-10,14H,2-3,8H2,1H3. The predicted molar refractivity (Wildman–Crippen MR) is 102 cm³/mol. The van der Waals surface area contributed by atoms with Gasteiger partial charge in [-0.15, -0.1) is 0 Å². The first-order valence-electron chi connectivity index (χ1n) is 8.84. The normalized spacial score (nSPS) is 17.3. The molecule has 0 radical (unpaired) electrons. The number of anilines is 2. The van der Waals surface area contributed by atoms with Crippen LogP contribution in [-0.2, 0) is 17.1 Å². The Labute approximate surface area is 176 Å². The SMILES string of the molecule is CN(C(=O)C1CCCN1c1cc(C(F)(F)F)cc(C(F)(F)F)n1)c1ccc(Br)cc1. The van der Waals surface area contributed by atoms with E-state index in [1.54, 1.807) is 24.3 Å². The van der Waals surface area contributed by atoms with Crippen molar-refractivity contribution in [2.24, 2.45) is 0 Å². The number of amides is 1. The third-order valence-corrected chi connectivity index (χ3v) is 5.33. The highest BCUT2D eigenvalue weighted by atomic mass is 79.9. The van der Waals surface area contributed by atoms with E-state index >= 15 is 0 Å². The first-order chi connectivity index (χ1) is 13.9. The average Bonchev–Trinajstić information content (AvgIpc) is 3.15. The Morgan fingerprint density at radius 1 is 1.10 bits per heavy atom. The minimum Gasteiger partial charge on any atom is -0.345 e. The molecule has 30 heavy (non-hydrogen) atoms. The number of carbonyl (C=O) groups is 1. The molecule has 2 aromatic rings. The molecule has 1 aliphatic heterocycles. The molecule has 0 saturated carbocycles. The number of hydrogen-bond donors (Lipinski definition) is 0. The molecule has 1 aliphatic rings. The highest BCUT2D eigenvalue weighted by Crippen LogP contribution is 2.38. The van der Waals surface area contributed by atoms with Crippen molar-refractivity contribution in [1.29, 1.82) is 0 Å². The molecule has 162 valence electrons. The lowest BCUT2D eigenvalue weighted by atomic mass is 10.1.